The fraction of sp³-hybridized carbons (Fsp3) is 0.333. The molecule has 0 fully saturated rings. The van der Waals surface area contributed by atoms with E-state index in [4.69, 9.17) is 9.26 Å². The lowest BCUT2D eigenvalue weighted by Crippen LogP contribution is -2.05. The van der Waals surface area contributed by atoms with Gasteiger partial charge in [-0.25, -0.2) is 0 Å². The van der Waals surface area contributed by atoms with Crippen molar-refractivity contribution in [3.8, 4) is 17.2 Å². The van der Waals surface area contributed by atoms with Gasteiger partial charge >= 0.3 is 0 Å². The van der Waals surface area contributed by atoms with Crippen molar-refractivity contribution in [2.24, 2.45) is 0 Å². The third-order valence-electron chi connectivity index (χ3n) is 2.28. The van der Waals surface area contributed by atoms with Crippen LogP contribution >= 0.6 is 0 Å². The molecule has 0 saturated carbocycles. The van der Waals surface area contributed by atoms with Crippen LogP contribution in [0.3, 0.4) is 0 Å². The van der Waals surface area contributed by atoms with Gasteiger partial charge < -0.3 is 14.4 Å². The van der Waals surface area contributed by atoms with Crippen LogP contribution in [0, 0.1) is 0 Å². The molecule has 0 bridgehead atoms. The molecule has 0 aliphatic carbocycles. The van der Waals surface area contributed by atoms with Crippen LogP contribution in [0.25, 0.3) is 11.5 Å². The third kappa shape index (κ3) is 2.62. The molecular weight excluding hydrogens is 220 g/mol. The molecular formula is C12H14N2O3. The van der Waals surface area contributed by atoms with Gasteiger partial charge in [-0.1, -0.05) is 17.3 Å². The lowest BCUT2D eigenvalue weighted by molar-refractivity contribution is 0.191. The topological polar surface area (TPSA) is 68.4 Å². The summed E-state index contributed by atoms with van der Waals surface area (Å²) in [7, 11) is 1.59. The van der Waals surface area contributed by atoms with E-state index in [1.165, 1.54) is 0 Å². The molecule has 0 saturated heterocycles. The number of aliphatic hydroxyl groups excluding tert-OH is 1. The largest absolute Gasteiger partial charge is 0.496 e. The predicted octanol–water partition coefficient (Wildman–Crippen LogP) is 1.67. The fourth-order valence-electron chi connectivity index (χ4n) is 1.53. The highest BCUT2D eigenvalue weighted by molar-refractivity contribution is 5.62. The molecule has 0 amide bonds. The highest BCUT2D eigenvalue weighted by atomic mass is 16.5. The highest BCUT2D eigenvalue weighted by Gasteiger charge is 2.13. The smallest absolute Gasteiger partial charge is 0.261 e. The van der Waals surface area contributed by atoms with Crippen molar-refractivity contribution in [3.63, 3.8) is 0 Å². The standard InChI is InChI=1S/C12H14N2O3/c1-8(15)7-11-13-12(17-14-11)9-5-3-4-6-10(9)16-2/h3-6,8,15H,7H2,1-2H3. The number of para-hydroxylation sites is 1. The first kappa shape index (κ1) is 11.6. The maximum atomic E-state index is 9.24. The monoisotopic (exact) mass is 234 g/mol. The van der Waals surface area contributed by atoms with E-state index in [1.807, 2.05) is 24.3 Å². The molecule has 90 valence electrons. The number of rotatable bonds is 4. The van der Waals surface area contributed by atoms with Gasteiger partial charge in [0.2, 0.25) is 0 Å². The lowest BCUT2D eigenvalue weighted by atomic mass is 10.2. The Morgan fingerprint density at radius 3 is 2.88 bits per heavy atom. The number of aromatic nitrogens is 2. The SMILES string of the molecule is COc1ccccc1-c1nc(CC(C)O)no1. The molecule has 2 aromatic rings. The van der Waals surface area contributed by atoms with Crippen LogP contribution in [0.4, 0.5) is 0 Å². The van der Waals surface area contributed by atoms with Crippen LogP contribution < -0.4 is 4.74 Å². The molecule has 1 atom stereocenters. The Balaban J connectivity index is 2.30. The van der Waals surface area contributed by atoms with Crippen molar-refractivity contribution < 1.29 is 14.4 Å². The minimum Gasteiger partial charge on any atom is -0.496 e. The van der Waals surface area contributed by atoms with Crippen LogP contribution in [0.1, 0.15) is 12.7 Å². The van der Waals surface area contributed by atoms with E-state index in [0.29, 0.717) is 23.9 Å². The molecule has 2 rings (SSSR count). The van der Waals surface area contributed by atoms with Crippen LogP contribution in [0.5, 0.6) is 5.75 Å². The second kappa shape index (κ2) is 4.97. The molecule has 1 aromatic heterocycles. The first-order valence-electron chi connectivity index (χ1n) is 5.34. The maximum Gasteiger partial charge on any atom is 0.261 e. The molecule has 5 heteroatoms. The summed E-state index contributed by atoms with van der Waals surface area (Å²) in [6.45, 7) is 1.68. The van der Waals surface area contributed by atoms with Crippen molar-refractivity contribution in [1.29, 1.82) is 0 Å². The summed E-state index contributed by atoms with van der Waals surface area (Å²) in [4.78, 5) is 4.21. The summed E-state index contributed by atoms with van der Waals surface area (Å²) in [5.74, 6) is 1.57. The lowest BCUT2D eigenvalue weighted by Gasteiger charge is -2.02. The molecule has 0 aliphatic rings. The van der Waals surface area contributed by atoms with Crippen LogP contribution in [-0.4, -0.2) is 28.5 Å². The summed E-state index contributed by atoms with van der Waals surface area (Å²) >= 11 is 0. The maximum absolute atomic E-state index is 9.24. The first-order chi connectivity index (χ1) is 8.20. The molecule has 1 unspecified atom stereocenters. The average molecular weight is 234 g/mol. The van der Waals surface area contributed by atoms with Gasteiger partial charge in [0, 0.05) is 6.42 Å². The fourth-order valence-corrected chi connectivity index (χ4v) is 1.53. The minimum atomic E-state index is -0.488. The Morgan fingerprint density at radius 1 is 1.41 bits per heavy atom. The summed E-state index contributed by atoms with van der Waals surface area (Å²) in [5, 5.41) is 13.0. The van der Waals surface area contributed by atoms with Crippen molar-refractivity contribution in [2.45, 2.75) is 19.4 Å². The normalized spacial score (nSPS) is 12.4. The highest BCUT2D eigenvalue weighted by Crippen LogP contribution is 2.27. The first-order valence-corrected chi connectivity index (χ1v) is 5.34. The Hall–Kier alpha value is -1.88. The molecule has 5 nitrogen and oxygen atoms in total. The number of nitrogens with zero attached hydrogens (tertiary/aromatic N) is 2. The van der Waals surface area contributed by atoms with Crippen LogP contribution in [-0.2, 0) is 6.42 Å². The number of methoxy groups -OCH3 is 1. The second-order valence-electron chi connectivity index (χ2n) is 3.77. The van der Waals surface area contributed by atoms with E-state index in [9.17, 15) is 5.11 Å². The molecule has 0 spiro atoms. The van der Waals surface area contributed by atoms with Gasteiger partial charge in [-0.2, -0.15) is 4.98 Å². The predicted molar refractivity (Wildman–Crippen MR) is 61.7 cm³/mol. The Morgan fingerprint density at radius 2 is 2.18 bits per heavy atom. The summed E-state index contributed by atoms with van der Waals surface area (Å²) < 4.78 is 10.4. The third-order valence-corrected chi connectivity index (χ3v) is 2.28. The number of ether oxygens (including phenoxy) is 1. The van der Waals surface area contributed by atoms with Gasteiger partial charge in [0.25, 0.3) is 5.89 Å². The summed E-state index contributed by atoms with van der Waals surface area (Å²) in [6, 6.07) is 7.41. The number of hydrogen-bond donors (Lipinski definition) is 1. The van der Waals surface area contributed by atoms with Gasteiger partial charge in [0.05, 0.1) is 18.8 Å². The van der Waals surface area contributed by atoms with Crippen LogP contribution in [0.15, 0.2) is 28.8 Å². The van der Waals surface area contributed by atoms with E-state index in [1.54, 1.807) is 14.0 Å². The molecule has 17 heavy (non-hydrogen) atoms. The van der Waals surface area contributed by atoms with E-state index in [-0.39, 0.29) is 0 Å². The van der Waals surface area contributed by atoms with Crippen molar-refractivity contribution >= 4 is 0 Å². The Bertz CT molecular complexity index is 494. The molecule has 1 N–H and O–H groups in total. The van der Waals surface area contributed by atoms with Crippen molar-refractivity contribution in [2.75, 3.05) is 7.11 Å². The molecule has 1 heterocycles. The Kier molecular flexibility index (Phi) is 3.39. The van der Waals surface area contributed by atoms with E-state index in [2.05, 4.69) is 10.1 Å². The van der Waals surface area contributed by atoms with E-state index >= 15 is 0 Å². The summed E-state index contributed by atoms with van der Waals surface area (Å²) in [5.41, 5.74) is 0.749. The number of aliphatic hydroxyl groups is 1. The minimum absolute atomic E-state index is 0.374. The Labute approximate surface area is 99.0 Å². The zero-order chi connectivity index (χ0) is 12.3. The van der Waals surface area contributed by atoms with Gasteiger partial charge in [0.15, 0.2) is 5.82 Å². The molecule has 0 aliphatic heterocycles. The van der Waals surface area contributed by atoms with Crippen molar-refractivity contribution in [3.05, 3.63) is 30.1 Å². The van der Waals surface area contributed by atoms with Gasteiger partial charge in [-0.15, -0.1) is 0 Å². The van der Waals surface area contributed by atoms with Crippen LogP contribution in [0.2, 0.25) is 0 Å². The summed E-state index contributed by atoms with van der Waals surface area (Å²) in [6.07, 6.45) is -0.114. The molecule has 1 aromatic carbocycles. The zero-order valence-corrected chi connectivity index (χ0v) is 9.75. The zero-order valence-electron chi connectivity index (χ0n) is 9.75. The number of benzene rings is 1. The van der Waals surface area contributed by atoms with Gasteiger partial charge in [0.1, 0.15) is 5.75 Å². The van der Waals surface area contributed by atoms with E-state index < -0.39 is 6.10 Å². The molecule has 0 radical (unpaired) electrons. The number of hydrogen-bond acceptors (Lipinski definition) is 5. The van der Waals surface area contributed by atoms with Gasteiger partial charge in [-0.05, 0) is 19.1 Å². The van der Waals surface area contributed by atoms with Crippen molar-refractivity contribution in [1.82, 2.24) is 10.1 Å². The average Bonchev–Trinajstić information content (AvgIpc) is 2.76. The van der Waals surface area contributed by atoms with E-state index in [0.717, 1.165) is 5.56 Å². The van der Waals surface area contributed by atoms with Gasteiger partial charge in [-0.3, -0.25) is 0 Å². The quantitative estimate of drug-likeness (QED) is 0.871. The second-order valence-corrected chi connectivity index (χ2v) is 3.77.